The third-order valence-electron chi connectivity index (χ3n) is 5.55. The summed E-state index contributed by atoms with van der Waals surface area (Å²) in [6, 6.07) is 15.6. The minimum Gasteiger partial charge on any atom is -0.493 e. The molecule has 31 heavy (non-hydrogen) atoms. The molecule has 1 heterocycles. The average Bonchev–Trinajstić information content (AvgIpc) is 2.88. The van der Waals surface area contributed by atoms with Gasteiger partial charge in [-0.25, -0.2) is 0 Å². The van der Waals surface area contributed by atoms with Crippen LogP contribution in [0.4, 0.5) is 0 Å². The van der Waals surface area contributed by atoms with Crippen molar-refractivity contribution in [3.63, 3.8) is 0 Å². The van der Waals surface area contributed by atoms with Crippen LogP contribution in [0, 0.1) is 6.92 Å². The first-order valence-electron chi connectivity index (χ1n) is 11.5. The molecule has 0 radical (unpaired) electrons. The minimum absolute atomic E-state index is 0.580. The molecule has 0 spiro atoms. The maximum atomic E-state index is 11.1. The van der Waals surface area contributed by atoms with E-state index in [1.165, 1.54) is 19.3 Å². The molecule has 168 valence electrons. The van der Waals surface area contributed by atoms with Crippen molar-refractivity contribution in [1.82, 2.24) is 5.32 Å². The molecule has 0 bridgehead atoms. The van der Waals surface area contributed by atoms with Gasteiger partial charge in [-0.15, -0.1) is 0 Å². The third-order valence-corrected chi connectivity index (χ3v) is 5.55. The molecule has 0 aliphatic carbocycles. The molecule has 2 aromatic rings. The summed E-state index contributed by atoms with van der Waals surface area (Å²) < 4.78 is 11.6. The van der Waals surface area contributed by atoms with Gasteiger partial charge in [-0.05, 0) is 56.5 Å². The number of nitrogens with zero attached hydrogens (tertiary/aromatic N) is 1. The van der Waals surface area contributed by atoms with Gasteiger partial charge in [0.25, 0.3) is 0 Å². The van der Waals surface area contributed by atoms with E-state index in [-0.39, 0.29) is 0 Å². The second kappa shape index (κ2) is 11.8. The number of aliphatic hydroxyl groups is 1. The van der Waals surface area contributed by atoms with Crippen LogP contribution in [0.25, 0.3) is 0 Å². The van der Waals surface area contributed by atoms with Crippen molar-refractivity contribution in [2.75, 3.05) is 19.8 Å². The maximum Gasteiger partial charge on any atom is 0.160 e. The Hall–Kier alpha value is -2.53. The molecule has 1 unspecified atom stereocenters. The number of hydrogen-bond donors (Lipinski definition) is 2. The van der Waals surface area contributed by atoms with Gasteiger partial charge in [0, 0.05) is 24.9 Å². The standard InChI is InChI=1S/C26H36N2O3/c1-21-20-23(31-19-11-18-30-22-12-7-6-8-13-22)15-16-24(21)26(2,29)28-25-14-9-4-3-5-10-17-27-25/h6-8,12-13,15-16,20,29H,3-5,9-11,14,17-19H2,1-2H3,(H,27,28). The minimum atomic E-state index is -1.17. The highest BCUT2D eigenvalue weighted by atomic mass is 16.5. The van der Waals surface area contributed by atoms with Crippen molar-refractivity contribution in [2.24, 2.45) is 4.99 Å². The number of aryl methyl sites for hydroxylation is 1. The van der Waals surface area contributed by atoms with E-state index < -0.39 is 5.72 Å². The van der Waals surface area contributed by atoms with Gasteiger partial charge in [-0.1, -0.05) is 43.5 Å². The van der Waals surface area contributed by atoms with E-state index in [0.29, 0.717) is 13.2 Å². The number of para-hydroxylation sites is 1. The maximum absolute atomic E-state index is 11.1. The fourth-order valence-electron chi connectivity index (χ4n) is 3.91. The van der Waals surface area contributed by atoms with Gasteiger partial charge in [0.15, 0.2) is 5.72 Å². The van der Waals surface area contributed by atoms with E-state index in [2.05, 4.69) is 10.3 Å². The van der Waals surface area contributed by atoms with Crippen molar-refractivity contribution in [3.05, 3.63) is 59.7 Å². The van der Waals surface area contributed by atoms with Crippen LogP contribution in [0.2, 0.25) is 0 Å². The van der Waals surface area contributed by atoms with E-state index in [1.54, 1.807) is 6.92 Å². The molecule has 0 fully saturated rings. The summed E-state index contributed by atoms with van der Waals surface area (Å²) in [4.78, 5) is 4.69. The molecule has 1 atom stereocenters. The first kappa shape index (κ1) is 23.1. The number of aliphatic imine (C=N–C) groups is 1. The van der Waals surface area contributed by atoms with E-state index in [4.69, 9.17) is 9.47 Å². The summed E-state index contributed by atoms with van der Waals surface area (Å²) in [5, 5.41) is 14.4. The Labute approximate surface area is 186 Å². The topological polar surface area (TPSA) is 63.1 Å². The van der Waals surface area contributed by atoms with Crippen LogP contribution in [0.5, 0.6) is 11.5 Å². The van der Waals surface area contributed by atoms with Crippen molar-refractivity contribution in [1.29, 1.82) is 0 Å². The fraction of sp³-hybridized carbons (Fsp3) is 0.500. The normalized spacial score (nSPS) is 16.8. The van der Waals surface area contributed by atoms with Crippen LogP contribution in [0.1, 0.15) is 63.0 Å². The van der Waals surface area contributed by atoms with Crippen LogP contribution in [0.3, 0.4) is 0 Å². The first-order chi connectivity index (χ1) is 15.0. The van der Waals surface area contributed by atoms with Crippen LogP contribution in [0.15, 0.2) is 53.5 Å². The number of hydrogen-bond acceptors (Lipinski definition) is 5. The molecule has 3 rings (SSSR count). The SMILES string of the molecule is Cc1cc(OCCCOc2ccccc2)ccc1C(C)(O)NC1=NCCCCCCC1. The summed E-state index contributed by atoms with van der Waals surface area (Å²) in [5.41, 5.74) is 0.660. The molecule has 0 aromatic heterocycles. The number of ether oxygens (including phenoxy) is 2. The average molecular weight is 425 g/mol. The van der Waals surface area contributed by atoms with Gasteiger partial charge in [0.2, 0.25) is 0 Å². The Kier molecular flexibility index (Phi) is 8.77. The highest BCUT2D eigenvalue weighted by Crippen LogP contribution is 2.26. The first-order valence-corrected chi connectivity index (χ1v) is 11.5. The fourth-order valence-corrected chi connectivity index (χ4v) is 3.91. The highest BCUT2D eigenvalue weighted by Gasteiger charge is 2.26. The van der Waals surface area contributed by atoms with E-state index >= 15 is 0 Å². The molecule has 0 amide bonds. The van der Waals surface area contributed by atoms with Crippen LogP contribution in [-0.2, 0) is 5.72 Å². The van der Waals surface area contributed by atoms with Gasteiger partial charge < -0.3 is 19.9 Å². The third kappa shape index (κ3) is 7.59. The lowest BCUT2D eigenvalue weighted by Gasteiger charge is -2.29. The molecule has 0 saturated heterocycles. The molecular formula is C26H36N2O3. The van der Waals surface area contributed by atoms with Gasteiger partial charge in [0.05, 0.1) is 19.0 Å². The Morgan fingerprint density at radius 2 is 1.65 bits per heavy atom. The van der Waals surface area contributed by atoms with Gasteiger partial charge >= 0.3 is 0 Å². The van der Waals surface area contributed by atoms with Gasteiger partial charge in [-0.3, -0.25) is 4.99 Å². The van der Waals surface area contributed by atoms with Crippen LogP contribution < -0.4 is 14.8 Å². The molecule has 5 nitrogen and oxygen atoms in total. The molecular weight excluding hydrogens is 388 g/mol. The summed E-state index contributed by atoms with van der Waals surface area (Å²) in [6.45, 7) is 5.82. The zero-order valence-corrected chi connectivity index (χ0v) is 18.9. The largest absolute Gasteiger partial charge is 0.493 e. The number of benzene rings is 2. The van der Waals surface area contributed by atoms with E-state index in [1.807, 2.05) is 55.5 Å². The lowest BCUT2D eigenvalue weighted by atomic mass is 9.98. The quantitative estimate of drug-likeness (QED) is 0.443. The molecule has 0 saturated carbocycles. The smallest absolute Gasteiger partial charge is 0.160 e. The summed E-state index contributed by atoms with van der Waals surface area (Å²) >= 11 is 0. The number of amidine groups is 1. The lowest BCUT2D eigenvalue weighted by molar-refractivity contribution is 0.0396. The Balaban J connectivity index is 1.51. The predicted octanol–water partition coefficient (Wildman–Crippen LogP) is 5.35. The molecule has 2 N–H and O–H groups in total. The Morgan fingerprint density at radius 3 is 2.42 bits per heavy atom. The number of nitrogens with one attached hydrogen (secondary N) is 1. The van der Waals surface area contributed by atoms with Gasteiger partial charge in [0.1, 0.15) is 11.5 Å². The highest BCUT2D eigenvalue weighted by molar-refractivity contribution is 5.83. The summed E-state index contributed by atoms with van der Waals surface area (Å²) in [7, 11) is 0. The lowest BCUT2D eigenvalue weighted by Crippen LogP contribution is -2.44. The zero-order chi connectivity index (χ0) is 21.9. The van der Waals surface area contributed by atoms with Crippen molar-refractivity contribution >= 4 is 5.84 Å². The van der Waals surface area contributed by atoms with Crippen molar-refractivity contribution < 1.29 is 14.6 Å². The second-order valence-electron chi connectivity index (χ2n) is 8.38. The van der Waals surface area contributed by atoms with E-state index in [0.717, 1.165) is 60.7 Å². The predicted molar refractivity (Wildman–Crippen MR) is 126 cm³/mol. The molecule has 5 heteroatoms. The summed E-state index contributed by atoms with van der Waals surface area (Å²) in [6.07, 6.45) is 7.67. The molecule has 2 aromatic carbocycles. The Morgan fingerprint density at radius 1 is 0.935 bits per heavy atom. The zero-order valence-electron chi connectivity index (χ0n) is 18.9. The Bertz CT molecular complexity index is 834. The van der Waals surface area contributed by atoms with E-state index in [9.17, 15) is 5.11 Å². The monoisotopic (exact) mass is 424 g/mol. The van der Waals surface area contributed by atoms with Crippen molar-refractivity contribution in [2.45, 2.75) is 64.5 Å². The van der Waals surface area contributed by atoms with Gasteiger partial charge in [-0.2, -0.15) is 0 Å². The molecule has 1 aliphatic heterocycles. The van der Waals surface area contributed by atoms with Crippen LogP contribution >= 0.6 is 0 Å². The molecule has 1 aliphatic rings. The second-order valence-corrected chi connectivity index (χ2v) is 8.38. The number of rotatable bonds is 8. The summed E-state index contributed by atoms with van der Waals surface area (Å²) in [5.74, 6) is 2.59. The van der Waals surface area contributed by atoms with Crippen LogP contribution in [-0.4, -0.2) is 30.7 Å². The van der Waals surface area contributed by atoms with Crippen molar-refractivity contribution in [3.8, 4) is 11.5 Å².